The van der Waals surface area contributed by atoms with Gasteiger partial charge in [0.15, 0.2) is 5.82 Å². The average molecular weight is 339 g/mol. The summed E-state index contributed by atoms with van der Waals surface area (Å²) < 4.78 is 3.21. The van der Waals surface area contributed by atoms with Crippen molar-refractivity contribution in [1.29, 1.82) is 0 Å². The number of aromatic amines is 1. The van der Waals surface area contributed by atoms with Crippen LogP contribution in [-0.4, -0.2) is 21.1 Å². The Morgan fingerprint density at radius 2 is 2.26 bits per heavy atom. The monoisotopic (exact) mass is 338 g/mol. The van der Waals surface area contributed by atoms with Crippen molar-refractivity contribution in [3.05, 3.63) is 44.9 Å². The van der Waals surface area contributed by atoms with Crippen LogP contribution in [0.3, 0.4) is 0 Å². The molecule has 0 fully saturated rings. The molecule has 4 nitrogen and oxygen atoms in total. The molecule has 2 aromatic rings. The molecule has 0 spiro atoms. The van der Waals surface area contributed by atoms with Gasteiger partial charge in [0.05, 0.1) is 6.21 Å². The summed E-state index contributed by atoms with van der Waals surface area (Å²) in [5.74, 6) is 0.871. The van der Waals surface area contributed by atoms with Gasteiger partial charge >= 0.3 is 0 Å². The van der Waals surface area contributed by atoms with Crippen molar-refractivity contribution >= 4 is 34.4 Å². The van der Waals surface area contributed by atoms with Gasteiger partial charge in [-0.05, 0) is 24.7 Å². The van der Waals surface area contributed by atoms with Crippen molar-refractivity contribution in [3.8, 4) is 0 Å². The number of nitrogens with zero attached hydrogens (tertiary/aromatic N) is 3. The lowest BCUT2D eigenvalue weighted by molar-refractivity contribution is 0.700. The van der Waals surface area contributed by atoms with Crippen LogP contribution < -0.4 is 0 Å². The molecule has 100 valence electrons. The molecule has 0 amide bonds. The molecule has 0 aliphatic rings. The van der Waals surface area contributed by atoms with Gasteiger partial charge in [-0.2, -0.15) is 14.9 Å². The third-order valence-corrected chi connectivity index (χ3v) is 3.68. The van der Waals surface area contributed by atoms with E-state index in [0.29, 0.717) is 4.77 Å². The van der Waals surface area contributed by atoms with Crippen LogP contribution in [0.5, 0.6) is 0 Å². The zero-order chi connectivity index (χ0) is 13.7. The van der Waals surface area contributed by atoms with Gasteiger partial charge in [-0.25, -0.2) is 0 Å². The van der Waals surface area contributed by atoms with Crippen LogP contribution in [-0.2, 0) is 6.42 Å². The molecule has 1 N–H and O–H groups in total. The highest BCUT2D eigenvalue weighted by Gasteiger charge is 2.04. The van der Waals surface area contributed by atoms with E-state index in [1.807, 2.05) is 24.3 Å². The van der Waals surface area contributed by atoms with E-state index in [-0.39, 0.29) is 0 Å². The maximum atomic E-state index is 5.19. The number of nitrogens with one attached hydrogen (secondary N) is 1. The summed E-state index contributed by atoms with van der Waals surface area (Å²) in [6.07, 6.45) is 4.85. The van der Waals surface area contributed by atoms with Crippen LogP contribution in [0, 0.1) is 4.77 Å². The number of benzene rings is 1. The van der Waals surface area contributed by atoms with Gasteiger partial charge in [0.2, 0.25) is 4.77 Å². The maximum absolute atomic E-state index is 5.19. The van der Waals surface area contributed by atoms with Gasteiger partial charge in [0.25, 0.3) is 0 Å². The van der Waals surface area contributed by atoms with Gasteiger partial charge in [0, 0.05) is 16.5 Å². The Morgan fingerprint density at radius 3 is 3.00 bits per heavy atom. The molecule has 1 aromatic heterocycles. The van der Waals surface area contributed by atoms with Crippen LogP contribution in [0.1, 0.15) is 31.2 Å². The predicted molar refractivity (Wildman–Crippen MR) is 83.2 cm³/mol. The summed E-state index contributed by atoms with van der Waals surface area (Å²) >= 11 is 8.68. The smallest absolute Gasteiger partial charge is 0.216 e. The second kappa shape index (κ2) is 6.77. The second-order valence-electron chi connectivity index (χ2n) is 4.13. The van der Waals surface area contributed by atoms with Crippen molar-refractivity contribution in [2.75, 3.05) is 0 Å². The average Bonchev–Trinajstić information content (AvgIpc) is 2.76. The molecular weight excluding hydrogens is 324 g/mol. The molecule has 1 heterocycles. The fourth-order valence-corrected chi connectivity index (χ4v) is 2.23. The van der Waals surface area contributed by atoms with E-state index in [1.165, 1.54) is 0 Å². The summed E-state index contributed by atoms with van der Waals surface area (Å²) in [5, 5.41) is 11.4. The van der Waals surface area contributed by atoms with E-state index in [0.717, 1.165) is 35.1 Å². The minimum atomic E-state index is 0.523. The lowest BCUT2D eigenvalue weighted by atomic mass is 10.2. The molecule has 2 rings (SSSR count). The zero-order valence-corrected chi connectivity index (χ0v) is 13.0. The maximum Gasteiger partial charge on any atom is 0.216 e. The molecular formula is C13H15BrN4S. The minimum absolute atomic E-state index is 0.523. The van der Waals surface area contributed by atoms with E-state index < -0.39 is 0 Å². The SMILES string of the molecule is CCCCc1n[nH]c(=S)n1/N=C\c1ccccc1Br. The van der Waals surface area contributed by atoms with E-state index >= 15 is 0 Å². The van der Waals surface area contributed by atoms with Gasteiger partial charge in [-0.15, -0.1) is 0 Å². The molecule has 0 unspecified atom stereocenters. The number of hydrogen-bond donors (Lipinski definition) is 1. The Hall–Kier alpha value is -1.27. The first-order valence-electron chi connectivity index (χ1n) is 6.17. The van der Waals surface area contributed by atoms with Crippen molar-refractivity contribution in [1.82, 2.24) is 14.9 Å². The third-order valence-electron chi connectivity index (χ3n) is 2.69. The Bertz CT molecular complexity index is 630. The number of aromatic nitrogens is 3. The van der Waals surface area contributed by atoms with Crippen molar-refractivity contribution in [3.63, 3.8) is 0 Å². The van der Waals surface area contributed by atoms with Gasteiger partial charge in [-0.3, -0.25) is 5.10 Å². The summed E-state index contributed by atoms with van der Waals surface area (Å²) in [4.78, 5) is 0. The predicted octanol–water partition coefficient (Wildman–Crippen LogP) is 3.93. The number of aryl methyl sites for hydroxylation is 1. The molecule has 0 radical (unpaired) electrons. The Labute approximate surface area is 125 Å². The number of H-pyrrole nitrogens is 1. The number of rotatable bonds is 5. The molecule has 0 atom stereocenters. The molecule has 0 saturated carbocycles. The van der Waals surface area contributed by atoms with Gasteiger partial charge in [0.1, 0.15) is 0 Å². The first-order valence-corrected chi connectivity index (χ1v) is 7.37. The fraction of sp³-hybridized carbons (Fsp3) is 0.308. The molecule has 0 aliphatic carbocycles. The van der Waals surface area contributed by atoms with E-state index in [4.69, 9.17) is 12.2 Å². The van der Waals surface area contributed by atoms with E-state index in [9.17, 15) is 0 Å². The Kier molecular flexibility index (Phi) is 5.04. The van der Waals surface area contributed by atoms with Crippen molar-refractivity contribution in [2.24, 2.45) is 5.10 Å². The molecule has 6 heteroatoms. The van der Waals surface area contributed by atoms with Crippen molar-refractivity contribution in [2.45, 2.75) is 26.2 Å². The molecule has 19 heavy (non-hydrogen) atoms. The molecule has 1 aromatic carbocycles. The first kappa shape index (κ1) is 14.1. The topological polar surface area (TPSA) is 46.0 Å². The summed E-state index contributed by atoms with van der Waals surface area (Å²) in [7, 11) is 0. The number of halogens is 1. The minimum Gasteiger partial charge on any atom is -0.250 e. The summed E-state index contributed by atoms with van der Waals surface area (Å²) in [6, 6.07) is 7.91. The highest BCUT2D eigenvalue weighted by Crippen LogP contribution is 2.13. The van der Waals surface area contributed by atoms with Gasteiger partial charge in [-0.1, -0.05) is 47.5 Å². The van der Waals surface area contributed by atoms with Crippen molar-refractivity contribution < 1.29 is 0 Å². The highest BCUT2D eigenvalue weighted by molar-refractivity contribution is 9.10. The lowest BCUT2D eigenvalue weighted by Crippen LogP contribution is -1.99. The van der Waals surface area contributed by atoms with Crippen LogP contribution in [0.2, 0.25) is 0 Å². The number of unbranched alkanes of at least 4 members (excludes halogenated alkanes) is 1. The standard InChI is InChI=1S/C13H15BrN4S/c1-2-3-8-12-16-17-13(19)18(12)15-9-10-6-4-5-7-11(10)14/h4-7,9H,2-3,8H2,1H3,(H,17,19)/b15-9-. The summed E-state index contributed by atoms with van der Waals surface area (Å²) in [5.41, 5.74) is 1.01. The van der Waals surface area contributed by atoms with Crippen LogP contribution in [0.15, 0.2) is 33.8 Å². The fourth-order valence-electron chi connectivity index (χ4n) is 1.64. The third kappa shape index (κ3) is 3.61. The van der Waals surface area contributed by atoms with Crippen LogP contribution in [0.4, 0.5) is 0 Å². The largest absolute Gasteiger partial charge is 0.250 e. The first-order chi connectivity index (χ1) is 9.22. The van der Waals surface area contributed by atoms with E-state index in [2.05, 4.69) is 38.2 Å². The van der Waals surface area contributed by atoms with Crippen LogP contribution >= 0.6 is 28.1 Å². The van der Waals surface area contributed by atoms with Gasteiger partial charge < -0.3 is 0 Å². The molecule has 0 aliphatic heterocycles. The zero-order valence-electron chi connectivity index (χ0n) is 10.6. The van der Waals surface area contributed by atoms with E-state index in [1.54, 1.807) is 10.9 Å². The quantitative estimate of drug-likeness (QED) is 0.663. The molecule has 0 bridgehead atoms. The molecule has 0 saturated heterocycles. The van der Waals surface area contributed by atoms with Crippen LogP contribution in [0.25, 0.3) is 0 Å². The highest BCUT2D eigenvalue weighted by atomic mass is 79.9. The lowest BCUT2D eigenvalue weighted by Gasteiger charge is -2.00. The second-order valence-corrected chi connectivity index (χ2v) is 5.37. The normalized spacial score (nSPS) is 11.3. The number of hydrogen-bond acceptors (Lipinski definition) is 3. The Balaban J connectivity index is 2.26. The summed E-state index contributed by atoms with van der Waals surface area (Å²) in [6.45, 7) is 2.15. The Morgan fingerprint density at radius 1 is 1.47 bits per heavy atom.